The number of rotatable bonds is 7. The topological polar surface area (TPSA) is 66.5 Å². The summed E-state index contributed by atoms with van der Waals surface area (Å²) in [6.07, 6.45) is 1.14. The summed E-state index contributed by atoms with van der Waals surface area (Å²) in [6.45, 7) is 5.42. The third-order valence-electron chi connectivity index (χ3n) is 5.77. The predicted octanol–water partition coefficient (Wildman–Crippen LogP) is 3.46. The van der Waals surface area contributed by atoms with Crippen LogP contribution in [0.1, 0.15) is 42.4 Å². The van der Waals surface area contributed by atoms with Gasteiger partial charge in [-0.05, 0) is 42.4 Å². The summed E-state index contributed by atoms with van der Waals surface area (Å²) in [6, 6.07) is 17.7. The van der Waals surface area contributed by atoms with Gasteiger partial charge in [0.25, 0.3) is 0 Å². The molecule has 1 atom stereocenters. The molecule has 1 saturated heterocycles. The van der Waals surface area contributed by atoms with Crippen LogP contribution >= 0.6 is 0 Å². The fraction of sp³-hybridized carbons (Fsp3) is 0.435. The summed E-state index contributed by atoms with van der Waals surface area (Å²) in [7, 11) is -3.37. The Bertz CT molecular complexity index is 920. The largest absolute Gasteiger partial charge is 0.355 e. The molecule has 0 saturated carbocycles. The summed E-state index contributed by atoms with van der Waals surface area (Å²) < 4.78 is 27.1. The number of amides is 1. The van der Waals surface area contributed by atoms with E-state index in [9.17, 15) is 13.2 Å². The number of nitrogens with one attached hydrogen (secondary N) is 1. The highest BCUT2D eigenvalue weighted by Crippen LogP contribution is 2.23. The molecule has 6 heteroatoms. The van der Waals surface area contributed by atoms with E-state index in [0.717, 1.165) is 11.1 Å². The van der Waals surface area contributed by atoms with Gasteiger partial charge in [-0.2, -0.15) is 0 Å². The highest BCUT2D eigenvalue weighted by molar-refractivity contribution is 7.88. The van der Waals surface area contributed by atoms with Crippen molar-refractivity contribution in [3.8, 4) is 0 Å². The van der Waals surface area contributed by atoms with Crippen LogP contribution in [0.3, 0.4) is 0 Å². The zero-order valence-electron chi connectivity index (χ0n) is 17.2. The zero-order chi connectivity index (χ0) is 20.9. The van der Waals surface area contributed by atoms with Gasteiger partial charge in [-0.1, -0.05) is 61.5 Å². The lowest BCUT2D eigenvalue weighted by Gasteiger charge is -2.31. The van der Waals surface area contributed by atoms with Crippen molar-refractivity contribution in [3.05, 3.63) is 71.3 Å². The molecule has 29 heavy (non-hydrogen) atoms. The maximum Gasteiger partial charge on any atom is 0.223 e. The summed E-state index contributed by atoms with van der Waals surface area (Å²) in [5, 5.41) is 3.04. The molecule has 1 unspecified atom stereocenters. The maximum absolute atomic E-state index is 12.8. The lowest BCUT2D eigenvalue weighted by molar-refractivity contribution is -0.126. The molecule has 2 aromatic rings. The number of hydrogen-bond acceptors (Lipinski definition) is 3. The molecule has 0 aromatic heterocycles. The standard InChI is InChI=1S/C23H30N2O3S/c1-18-8-6-7-11-22(18)17-29(27,28)25-14-12-21(13-15-25)23(26)24-16-19(2)20-9-4-3-5-10-20/h3-11,19,21H,12-17H2,1-2H3,(H,24,26). The number of carbonyl (C=O) groups excluding carboxylic acids is 1. The summed E-state index contributed by atoms with van der Waals surface area (Å²) in [5.74, 6) is 0.173. The van der Waals surface area contributed by atoms with Crippen molar-refractivity contribution < 1.29 is 13.2 Å². The molecule has 1 aliphatic heterocycles. The van der Waals surface area contributed by atoms with Crippen LogP contribution in [-0.2, 0) is 20.6 Å². The van der Waals surface area contributed by atoms with Crippen LogP contribution < -0.4 is 5.32 Å². The molecule has 1 heterocycles. The molecule has 0 spiro atoms. The van der Waals surface area contributed by atoms with Gasteiger partial charge in [0.1, 0.15) is 0 Å². The van der Waals surface area contributed by atoms with Gasteiger partial charge >= 0.3 is 0 Å². The number of hydrogen-bond donors (Lipinski definition) is 1. The Labute approximate surface area is 174 Å². The fourth-order valence-corrected chi connectivity index (χ4v) is 5.42. The van der Waals surface area contributed by atoms with Crippen LogP contribution in [0.15, 0.2) is 54.6 Å². The van der Waals surface area contributed by atoms with E-state index in [1.54, 1.807) is 0 Å². The summed E-state index contributed by atoms with van der Waals surface area (Å²) in [5.41, 5.74) is 3.02. The van der Waals surface area contributed by atoms with Crippen LogP contribution in [0.2, 0.25) is 0 Å². The third-order valence-corrected chi connectivity index (χ3v) is 7.60. The second-order valence-corrected chi connectivity index (χ2v) is 9.88. The van der Waals surface area contributed by atoms with E-state index in [0.29, 0.717) is 32.5 Å². The molecule has 3 rings (SSSR count). The van der Waals surface area contributed by atoms with E-state index in [2.05, 4.69) is 24.4 Å². The second-order valence-electron chi connectivity index (χ2n) is 7.91. The first-order valence-corrected chi connectivity index (χ1v) is 11.8. The van der Waals surface area contributed by atoms with Gasteiger partial charge < -0.3 is 5.32 Å². The van der Waals surface area contributed by atoms with Gasteiger partial charge in [0.2, 0.25) is 15.9 Å². The minimum absolute atomic E-state index is 0.0190. The number of benzene rings is 2. The third kappa shape index (κ3) is 5.67. The number of carbonyl (C=O) groups is 1. The van der Waals surface area contributed by atoms with E-state index < -0.39 is 10.0 Å². The molecule has 2 aromatic carbocycles. The Hall–Kier alpha value is -2.18. The average molecular weight is 415 g/mol. The van der Waals surface area contributed by atoms with Crippen molar-refractivity contribution in [2.45, 2.75) is 38.4 Å². The van der Waals surface area contributed by atoms with Gasteiger partial charge in [-0.15, -0.1) is 0 Å². The fourth-order valence-electron chi connectivity index (χ4n) is 3.75. The summed E-state index contributed by atoms with van der Waals surface area (Å²) in [4.78, 5) is 12.5. The van der Waals surface area contributed by atoms with E-state index in [1.807, 2.05) is 49.4 Å². The van der Waals surface area contributed by atoms with Gasteiger partial charge in [0, 0.05) is 25.6 Å². The number of aryl methyl sites for hydroxylation is 1. The van der Waals surface area contributed by atoms with Crippen LogP contribution in [0.4, 0.5) is 0 Å². The van der Waals surface area contributed by atoms with Crippen LogP contribution in [0.5, 0.6) is 0 Å². The molecule has 0 aliphatic carbocycles. The van der Waals surface area contributed by atoms with Gasteiger partial charge in [0.05, 0.1) is 5.75 Å². The summed E-state index contributed by atoms with van der Waals surface area (Å²) >= 11 is 0. The van der Waals surface area contributed by atoms with Gasteiger partial charge in [-0.25, -0.2) is 12.7 Å². The molecule has 1 fully saturated rings. The lowest BCUT2D eigenvalue weighted by atomic mass is 9.96. The van der Waals surface area contributed by atoms with Gasteiger partial charge in [-0.3, -0.25) is 4.79 Å². The quantitative estimate of drug-likeness (QED) is 0.755. The highest BCUT2D eigenvalue weighted by atomic mass is 32.2. The van der Waals surface area contributed by atoms with E-state index >= 15 is 0 Å². The maximum atomic E-state index is 12.8. The number of piperidine rings is 1. The SMILES string of the molecule is Cc1ccccc1CS(=O)(=O)N1CCC(C(=O)NCC(C)c2ccccc2)CC1. The smallest absolute Gasteiger partial charge is 0.223 e. The van der Waals surface area contributed by atoms with Crippen LogP contribution in [0, 0.1) is 12.8 Å². The van der Waals surface area contributed by atoms with Crippen molar-refractivity contribution >= 4 is 15.9 Å². The van der Waals surface area contributed by atoms with Crippen molar-refractivity contribution in [1.82, 2.24) is 9.62 Å². The first-order valence-electron chi connectivity index (χ1n) is 10.2. The lowest BCUT2D eigenvalue weighted by Crippen LogP contribution is -2.43. The van der Waals surface area contributed by atoms with Crippen LogP contribution in [-0.4, -0.2) is 38.3 Å². The molecular weight excluding hydrogens is 384 g/mol. The second kappa shape index (κ2) is 9.55. The Kier molecular flexibility index (Phi) is 7.09. The van der Waals surface area contributed by atoms with E-state index in [1.165, 1.54) is 9.87 Å². The molecule has 5 nitrogen and oxygen atoms in total. The minimum Gasteiger partial charge on any atom is -0.355 e. The zero-order valence-corrected chi connectivity index (χ0v) is 18.0. The van der Waals surface area contributed by atoms with Crippen molar-refractivity contribution in [3.63, 3.8) is 0 Å². The first kappa shape index (κ1) is 21.5. The Morgan fingerprint density at radius 2 is 1.69 bits per heavy atom. The molecule has 1 N–H and O–H groups in total. The Balaban J connectivity index is 1.49. The molecule has 0 bridgehead atoms. The Morgan fingerprint density at radius 1 is 1.07 bits per heavy atom. The van der Waals surface area contributed by atoms with Crippen molar-refractivity contribution in [2.24, 2.45) is 5.92 Å². The van der Waals surface area contributed by atoms with Crippen molar-refractivity contribution in [2.75, 3.05) is 19.6 Å². The molecule has 1 amide bonds. The molecule has 156 valence electrons. The normalized spacial score (nSPS) is 17.0. The molecular formula is C23H30N2O3S. The van der Waals surface area contributed by atoms with Crippen molar-refractivity contribution in [1.29, 1.82) is 0 Å². The predicted molar refractivity (Wildman–Crippen MR) is 116 cm³/mol. The molecule has 1 aliphatic rings. The van der Waals surface area contributed by atoms with E-state index in [-0.39, 0.29) is 23.5 Å². The molecule has 0 radical (unpaired) electrons. The van der Waals surface area contributed by atoms with E-state index in [4.69, 9.17) is 0 Å². The van der Waals surface area contributed by atoms with Gasteiger partial charge in [0.15, 0.2) is 0 Å². The Morgan fingerprint density at radius 3 is 2.34 bits per heavy atom. The highest BCUT2D eigenvalue weighted by Gasteiger charge is 2.31. The minimum atomic E-state index is -3.37. The number of nitrogens with zero attached hydrogens (tertiary/aromatic N) is 1. The average Bonchev–Trinajstić information content (AvgIpc) is 2.74. The van der Waals surface area contributed by atoms with Crippen LogP contribution in [0.25, 0.3) is 0 Å². The monoisotopic (exact) mass is 414 g/mol. The number of sulfonamides is 1. The first-order chi connectivity index (χ1) is 13.9.